The first-order valence-electron chi connectivity index (χ1n) is 10.3. The molecule has 2 fully saturated rings. The van der Waals surface area contributed by atoms with Crippen molar-refractivity contribution in [2.75, 3.05) is 57.9 Å². The first-order valence-corrected chi connectivity index (χ1v) is 10.7. The van der Waals surface area contributed by atoms with Gasteiger partial charge in [-0.05, 0) is 38.3 Å². The Labute approximate surface area is 173 Å². The Morgan fingerprint density at radius 2 is 2.25 bits per heavy atom. The number of methoxy groups -OCH3 is 1. The normalized spacial score (nSPS) is 20.1. The Hall–Kier alpha value is -1.57. The maximum absolute atomic E-state index is 6.30. The van der Waals surface area contributed by atoms with Gasteiger partial charge in [0.2, 0.25) is 0 Å². The van der Waals surface area contributed by atoms with E-state index in [1.807, 2.05) is 12.1 Å². The van der Waals surface area contributed by atoms with E-state index in [2.05, 4.69) is 32.3 Å². The summed E-state index contributed by atoms with van der Waals surface area (Å²) in [6, 6.07) is 4.83. The number of guanidine groups is 1. The summed E-state index contributed by atoms with van der Waals surface area (Å²) in [6.07, 6.45) is 5.45. The average Bonchev–Trinajstić information content (AvgIpc) is 3.44. The molecule has 1 unspecified atom stereocenters. The van der Waals surface area contributed by atoms with Crippen LogP contribution in [-0.4, -0.2) is 80.9 Å². The lowest BCUT2D eigenvalue weighted by Crippen LogP contribution is -2.45. The molecule has 1 saturated carbocycles. The molecule has 1 aliphatic heterocycles. The van der Waals surface area contributed by atoms with Crippen molar-refractivity contribution in [3.63, 3.8) is 0 Å². The Kier molecular flexibility index (Phi) is 8.18. The van der Waals surface area contributed by atoms with Gasteiger partial charge in [-0.15, -0.1) is 0 Å². The maximum Gasteiger partial charge on any atom is 0.191 e. The van der Waals surface area contributed by atoms with Crippen molar-refractivity contribution in [2.45, 2.75) is 38.3 Å². The first kappa shape index (κ1) is 21.1. The number of halogens is 1. The van der Waals surface area contributed by atoms with Crippen LogP contribution < -0.4 is 15.5 Å². The molecule has 0 radical (unpaired) electrons. The summed E-state index contributed by atoms with van der Waals surface area (Å²) >= 11 is 6.30. The fourth-order valence-electron chi connectivity index (χ4n) is 3.61. The van der Waals surface area contributed by atoms with Gasteiger partial charge in [0.05, 0.1) is 18.2 Å². The molecule has 1 aliphatic carbocycles. The molecule has 7 nitrogen and oxygen atoms in total. The molecule has 1 saturated heterocycles. The summed E-state index contributed by atoms with van der Waals surface area (Å²) in [5.41, 5.74) is 0. The van der Waals surface area contributed by atoms with Gasteiger partial charge in [0.15, 0.2) is 5.96 Å². The molecule has 0 amide bonds. The van der Waals surface area contributed by atoms with E-state index < -0.39 is 0 Å². The number of nitrogens with one attached hydrogen (secondary N) is 2. The van der Waals surface area contributed by atoms with E-state index in [0.29, 0.717) is 11.1 Å². The second-order valence-electron chi connectivity index (χ2n) is 7.41. The summed E-state index contributed by atoms with van der Waals surface area (Å²) in [6.45, 7) is 8.31. The highest BCUT2D eigenvalue weighted by Gasteiger charge is 2.28. The SMILES string of the molecule is CCNC(=NCCN(CCOC)C1CC1)NC1CCN(c2ncccc2Cl)C1. The van der Waals surface area contributed by atoms with E-state index in [-0.39, 0.29) is 0 Å². The number of anilines is 1. The van der Waals surface area contributed by atoms with Gasteiger partial charge in [0.1, 0.15) is 5.82 Å². The molecule has 0 spiro atoms. The van der Waals surface area contributed by atoms with Crippen molar-refractivity contribution in [1.82, 2.24) is 20.5 Å². The van der Waals surface area contributed by atoms with Gasteiger partial charge in [0.25, 0.3) is 0 Å². The lowest BCUT2D eigenvalue weighted by Gasteiger charge is -2.22. The van der Waals surface area contributed by atoms with Crippen LogP contribution in [-0.2, 0) is 4.74 Å². The van der Waals surface area contributed by atoms with Crippen LogP contribution in [0.15, 0.2) is 23.3 Å². The molecular formula is C20H33ClN6O. The fourth-order valence-corrected chi connectivity index (χ4v) is 3.85. The predicted molar refractivity (Wildman–Crippen MR) is 115 cm³/mol. The Balaban J connectivity index is 1.50. The number of aliphatic imine (C=N–C) groups is 1. The van der Waals surface area contributed by atoms with Crippen LogP contribution in [0.3, 0.4) is 0 Å². The zero-order valence-electron chi connectivity index (χ0n) is 17.0. The molecule has 2 heterocycles. The highest BCUT2D eigenvalue weighted by molar-refractivity contribution is 6.32. The van der Waals surface area contributed by atoms with Crippen molar-refractivity contribution in [3.05, 3.63) is 23.4 Å². The van der Waals surface area contributed by atoms with Gasteiger partial charge in [-0.1, -0.05) is 11.6 Å². The van der Waals surface area contributed by atoms with Crippen LogP contribution in [0.2, 0.25) is 5.02 Å². The van der Waals surface area contributed by atoms with Crippen molar-refractivity contribution in [2.24, 2.45) is 4.99 Å². The number of ether oxygens (including phenoxy) is 1. The zero-order chi connectivity index (χ0) is 19.8. The predicted octanol–water partition coefficient (Wildman–Crippen LogP) is 1.98. The molecular weight excluding hydrogens is 376 g/mol. The molecule has 1 aromatic heterocycles. The standard InChI is InChI=1S/C20H33ClN6O/c1-3-22-20(24-10-12-26(13-14-28-2)17-6-7-17)25-16-8-11-27(15-16)19-18(21)5-4-9-23-19/h4-5,9,16-17H,3,6-8,10-15H2,1-2H3,(H2,22,24,25). The second kappa shape index (κ2) is 10.8. The Morgan fingerprint density at radius 3 is 2.96 bits per heavy atom. The number of nitrogens with zero attached hydrogens (tertiary/aromatic N) is 4. The number of aromatic nitrogens is 1. The quantitative estimate of drug-likeness (QED) is 0.456. The lowest BCUT2D eigenvalue weighted by atomic mass is 10.3. The van der Waals surface area contributed by atoms with E-state index in [0.717, 1.165) is 70.1 Å². The van der Waals surface area contributed by atoms with E-state index >= 15 is 0 Å². The molecule has 1 aromatic rings. The molecule has 0 aromatic carbocycles. The van der Waals surface area contributed by atoms with E-state index in [9.17, 15) is 0 Å². The highest BCUT2D eigenvalue weighted by Crippen LogP contribution is 2.26. The summed E-state index contributed by atoms with van der Waals surface area (Å²) in [7, 11) is 1.76. The minimum atomic E-state index is 0.337. The summed E-state index contributed by atoms with van der Waals surface area (Å²) < 4.78 is 5.24. The topological polar surface area (TPSA) is 65.0 Å². The first-order chi connectivity index (χ1) is 13.7. The molecule has 28 heavy (non-hydrogen) atoms. The van der Waals surface area contributed by atoms with Gasteiger partial charge in [0, 0.05) is 58.1 Å². The summed E-state index contributed by atoms with van der Waals surface area (Å²) in [5.74, 6) is 1.76. The Morgan fingerprint density at radius 1 is 1.39 bits per heavy atom. The monoisotopic (exact) mass is 408 g/mol. The summed E-state index contributed by atoms with van der Waals surface area (Å²) in [5, 5.41) is 7.66. The molecule has 0 bridgehead atoms. The van der Waals surface area contributed by atoms with Crippen molar-refractivity contribution >= 4 is 23.4 Å². The van der Waals surface area contributed by atoms with Gasteiger partial charge < -0.3 is 20.3 Å². The van der Waals surface area contributed by atoms with Crippen LogP contribution in [0, 0.1) is 0 Å². The minimum absolute atomic E-state index is 0.337. The third-order valence-electron chi connectivity index (χ3n) is 5.21. The van der Waals surface area contributed by atoms with Crippen LogP contribution in [0.25, 0.3) is 0 Å². The molecule has 3 rings (SSSR count). The largest absolute Gasteiger partial charge is 0.383 e. The van der Waals surface area contributed by atoms with E-state index in [1.165, 1.54) is 12.8 Å². The minimum Gasteiger partial charge on any atom is -0.383 e. The zero-order valence-corrected chi connectivity index (χ0v) is 17.8. The van der Waals surface area contributed by atoms with Crippen LogP contribution in [0.1, 0.15) is 26.2 Å². The third kappa shape index (κ3) is 6.22. The molecule has 2 N–H and O–H groups in total. The molecule has 1 atom stereocenters. The second-order valence-corrected chi connectivity index (χ2v) is 7.81. The smallest absolute Gasteiger partial charge is 0.191 e. The average molecular weight is 409 g/mol. The number of hydrogen-bond donors (Lipinski definition) is 2. The summed E-state index contributed by atoms with van der Waals surface area (Å²) in [4.78, 5) is 14.0. The van der Waals surface area contributed by atoms with Gasteiger partial charge >= 0.3 is 0 Å². The van der Waals surface area contributed by atoms with E-state index in [1.54, 1.807) is 13.3 Å². The highest BCUT2D eigenvalue weighted by atomic mass is 35.5. The number of hydrogen-bond acceptors (Lipinski definition) is 5. The van der Waals surface area contributed by atoms with Crippen molar-refractivity contribution < 1.29 is 4.74 Å². The Bertz CT molecular complexity index is 639. The lowest BCUT2D eigenvalue weighted by molar-refractivity contribution is 0.145. The number of pyridine rings is 1. The van der Waals surface area contributed by atoms with Crippen LogP contribution in [0.4, 0.5) is 5.82 Å². The van der Waals surface area contributed by atoms with Gasteiger partial charge in [-0.25, -0.2) is 4.98 Å². The van der Waals surface area contributed by atoms with Gasteiger partial charge in [-0.2, -0.15) is 0 Å². The number of rotatable bonds is 10. The van der Waals surface area contributed by atoms with Crippen LogP contribution >= 0.6 is 11.6 Å². The molecule has 2 aliphatic rings. The van der Waals surface area contributed by atoms with Crippen molar-refractivity contribution in [1.29, 1.82) is 0 Å². The maximum atomic E-state index is 6.30. The molecule has 156 valence electrons. The third-order valence-corrected chi connectivity index (χ3v) is 5.51. The van der Waals surface area contributed by atoms with Crippen molar-refractivity contribution in [3.8, 4) is 0 Å². The fraction of sp³-hybridized carbons (Fsp3) is 0.700. The van der Waals surface area contributed by atoms with E-state index in [4.69, 9.17) is 21.3 Å². The molecule has 8 heteroatoms. The van der Waals surface area contributed by atoms with Gasteiger partial charge in [-0.3, -0.25) is 9.89 Å². The van der Waals surface area contributed by atoms with Crippen LogP contribution in [0.5, 0.6) is 0 Å².